The summed E-state index contributed by atoms with van der Waals surface area (Å²) in [4.78, 5) is 0. The van der Waals surface area contributed by atoms with Crippen molar-refractivity contribution in [3.63, 3.8) is 0 Å². The number of hydrogen-bond donors (Lipinski definition) is 1. The minimum atomic E-state index is -0.334. The normalized spacial score (nSPS) is 10.4. The van der Waals surface area contributed by atoms with E-state index in [4.69, 9.17) is 10.5 Å². The van der Waals surface area contributed by atoms with Crippen LogP contribution >= 0.6 is 0 Å². The topological polar surface area (TPSA) is 35.2 Å². The summed E-state index contributed by atoms with van der Waals surface area (Å²) in [7, 11) is 0. The van der Waals surface area contributed by atoms with E-state index in [9.17, 15) is 4.39 Å². The van der Waals surface area contributed by atoms with Crippen LogP contribution in [-0.4, -0.2) is 0 Å². The summed E-state index contributed by atoms with van der Waals surface area (Å²) < 4.78 is 19.3. The highest BCUT2D eigenvalue weighted by Gasteiger charge is 2.09. The zero-order chi connectivity index (χ0) is 13.1. The number of rotatable bonds is 3. The van der Waals surface area contributed by atoms with Gasteiger partial charge in [0.2, 0.25) is 0 Å². The van der Waals surface area contributed by atoms with E-state index in [1.165, 1.54) is 6.07 Å². The Morgan fingerprint density at radius 2 is 1.78 bits per heavy atom. The molecular weight excluding hydrogens is 229 g/mol. The second-order valence-electron chi connectivity index (χ2n) is 4.35. The Bertz CT molecular complexity index is 546. The summed E-state index contributed by atoms with van der Waals surface area (Å²) in [6.45, 7) is 4.11. The van der Waals surface area contributed by atoms with Crippen LogP contribution in [0.15, 0.2) is 36.4 Å². The molecule has 0 radical (unpaired) electrons. The number of nitrogens with two attached hydrogens (primary N) is 1. The maximum Gasteiger partial charge on any atom is 0.134 e. The van der Waals surface area contributed by atoms with Crippen LogP contribution in [0.1, 0.15) is 16.7 Å². The lowest BCUT2D eigenvalue weighted by atomic mass is 10.1. The first-order valence-corrected chi connectivity index (χ1v) is 5.84. The molecule has 2 N–H and O–H groups in total. The molecule has 2 aromatic carbocycles. The van der Waals surface area contributed by atoms with Crippen LogP contribution < -0.4 is 10.5 Å². The molecule has 0 amide bonds. The van der Waals surface area contributed by atoms with E-state index in [0.717, 1.165) is 11.1 Å². The van der Waals surface area contributed by atoms with Crippen LogP contribution in [0, 0.1) is 19.7 Å². The Hall–Kier alpha value is -1.87. The third-order valence-corrected chi connectivity index (χ3v) is 2.70. The lowest BCUT2D eigenvalue weighted by Crippen LogP contribution is -2.02. The smallest absolute Gasteiger partial charge is 0.134 e. The molecule has 2 rings (SSSR count). The van der Waals surface area contributed by atoms with Crippen molar-refractivity contribution in [1.82, 2.24) is 0 Å². The van der Waals surface area contributed by atoms with E-state index in [2.05, 4.69) is 6.07 Å². The van der Waals surface area contributed by atoms with E-state index in [-0.39, 0.29) is 12.4 Å². The zero-order valence-corrected chi connectivity index (χ0v) is 10.5. The molecule has 0 bridgehead atoms. The first-order valence-electron chi connectivity index (χ1n) is 5.84. The molecule has 0 unspecified atom stereocenters. The van der Waals surface area contributed by atoms with Gasteiger partial charge in [0, 0.05) is 12.1 Å². The number of aryl methyl sites for hydroxylation is 2. The quantitative estimate of drug-likeness (QED) is 0.895. The first kappa shape index (κ1) is 12.6. The molecule has 0 spiro atoms. The van der Waals surface area contributed by atoms with Crippen LogP contribution in [0.4, 0.5) is 4.39 Å². The lowest BCUT2D eigenvalue weighted by molar-refractivity contribution is 0.466. The molecule has 0 aromatic heterocycles. The van der Waals surface area contributed by atoms with Crippen molar-refractivity contribution in [2.75, 3.05) is 0 Å². The van der Waals surface area contributed by atoms with Gasteiger partial charge in [-0.05, 0) is 49.2 Å². The van der Waals surface area contributed by atoms with Crippen molar-refractivity contribution in [1.29, 1.82) is 0 Å². The van der Waals surface area contributed by atoms with Crippen molar-refractivity contribution in [2.24, 2.45) is 5.73 Å². The average Bonchev–Trinajstić information content (AvgIpc) is 2.27. The predicted octanol–water partition coefficient (Wildman–Crippen LogP) is 3.69. The second-order valence-corrected chi connectivity index (χ2v) is 4.35. The van der Waals surface area contributed by atoms with Crippen LogP contribution in [-0.2, 0) is 6.54 Å². The first-order chi connectivity index (χ1) is 8.60. The molecule has 0 atom stereocenters. The Kier molecular flexibility index (Phi) is 3.63. The maximum absolute atomic E-state index is 13.6. The van der Waals surface area contributed by atoms with Crippen LogP contribution in [0.25, 0.3) is 0 Å². The highest BCUT2D eigenvalue weighted by Crippen LogP contribution is 2.28. The lowest BCUT2D eigenvalue weighted by Gasteiger charge is -2.11. The molecule has 0 saturated heterocycles. The highest BCUT2D eigenvalue weighted by atomic mass is 19.1. The summed E-state index contributed by atoms with van der Waals surface area (Å²) in [6, 6.07) is 10.6. The van der Waals surface area contributed by atoms with Crippen molar-refractivity contribution in [3.05, 3.63) is 58.9 Å². The van der Waals surface area contributed by atoms with Gasteiger partial charge in [-0.25, -0.2) is 4.39 Å². The fourth-order valence-corrected chi connectivity index (χ4v) is 1.95. The summed E-state index contributed by atoms with van der Waals surface area (Å²) >= 11 is 0. The van der Waals surface area contributed by atoms with Gasteiger partial charge >= 0.3 is 0 Å². The molecular formula is C15H16FNO. The van der Waals surface area contributed by atoms with Gasteiger partial charge in [0.05, 0.1) is 0 Å². The number of hydrogen-bond acceptors (Lipinski definition) is 2. The summed E-state index contributed by atoms with van der Waals surface area (Å²) in [5.74, 6) is 0.842. The van der Waals surface area contributed by atoms with Gasteiger partial charge in [-0.15, -0.1) is 0 Å². The molecule has 0 aliphatic rings. The number of halogens is 1. The molecule has 18 heavy (non-hydrogen) atoms. The van der Waals surface area contributed by atoms with E-state index in [0.29, 0.717) is 17.1 Å². The molecule has 0 saturated carbocycles. The standard InChI is InChI=1S/C15H16FNO/c1-10-6-11(2)8-12(7-10)18-15-5-3-4-14(16)13(15)9-17/h3-8H,9,17H2,1-2H3. The van der Waals surface area contributed by atoms with E-state index in [1.807, 2.05) is 26.0 Å². The second kappa shape index (κ2) is 5.19. The average molecular weight is 245 g/mol. The Morgan fingerprint density at radius 3 is 2.39 bits per heavy atom. The van der Waals surface area contributed by atoms with E-state index >= 15 is 0 Å². The molecule has 94 valence electrons. The minimum absolute atomic E-state index is 0.118. The number of ether oxygens (including phenoxy) is 1. The predicted molar refractivity (Wildman–Crippen MR) is 70.3 cm³/mol. The SMILES string of the molecule is Cc1cc(C)cc(Oc2cccc(F)c2CN)c1. The van der Waals surface area contributed by atoms with Crippen LogP contribution in [0.5, 0.6) is 11.5 Å². The summed E-state index contributed by atoms with van der Waals surface area (Å²) in [5.41, 5.74) is 8.16. The molecule has 2 aromatic rings. The minimum Gasteiger partial charge on any atom is -0.457 e. The zero-order valence-electron chi connectivity index (χ0n) is 10.5. The van der Waals surface area contributed by atoms with Gasteiger partial charge in [0.15, 0.2) is 0 Å². The van der Waals surface area contributed by atoms with Crippen molar-refractivity contribution >= 4 is 0 Å². The van der Waals surface area contributed by atoms with E-state index in [1.54, 1.807) is 12.1 Å². The summed E-state index contributed by atoms with van der Waals surface area (Å²) in [6.07, 6.45) is 0. The van der Waals surface area contributed by atoms with Gasteiger partial charge < -0.3 is 10.5 Å². The van der Waals surface area contributed by atoms with Crippen LogP contribution in [0.2, 0.25) is 0 Å². The Labute approximate surface area is 106 Å². The largest absolute Gasteiger partial charge is 0.457 e. The third kappa shape index (κ3) is 2.68. The Morgan fingerprint density at radius 1 is 1.11 bits per heavy atom. The fourth-order valence-electron chi connectivity index (χ4n) is 1.95. The molecule has 0 aliphatic heterocycles. The van der Waals surface area contributed by atoms with Crippen molar-refractivity contribution in [3.8, 4) is 11.5 Å². The monoisotopic (exact) mass is 245 g/mol. The van der Waals surface area contributed by atoms with Crippen molar-refractivity contribution < 1.29 is 9.13 Å². The summed E-state index contributed by atoms with van der Waals surface area (Å²) in [5, 5.41) is 0. The number of benzene rings is 2. The van der Waals surface area contributed by atoms with Crippen LogP contribution in [0.3, 0.4) is 0 Å². The molecule has 0 fully saturated rings. The molecule has 0 aliphatic carbocycles. The van der Waals surface area contributed by atoms with E-state index < -0.39 is 0 Å². The van der Waals surface area contributed by atoms with Gasteiger partial charge in [-0.3, -0.25) is 0 Å². The Balaban J connectivity index is 2.36. The fraction of sp³-hybridized carbons (Fsp3) is 0.200. The van der Waals surface area contributed by atoms with Gasteiger partial charge in [-0.2, -0.15) is 0 Å². The third-order valence-electron chi connectivity index (χ3n) is 2.70. The van der Waals surface area contributed by atoms with Crippen molar-refractivity contribution in [2.45, 2.75) is 20.4 Å². The molecule has 3 heteroatoms. The van der Waals surface area contributed by atoms with Gasteiger partial charge in [-0.1, -0.05) is 12.1 Å². The maximum atomic E-state index is 13.6. The van der Waals surface area contributed by atoms with Gasteiger partial charge in [0.25, 0.3) is 0 Å². The van der Waals surface area contributed by atoms with Gasteiger partial charge in [0.1, 0.15) is 17.3 Å². The molecule has 2 nitrogen and oxygen atoms in total. The molecule has 0 heterocycles. The highest BCUT2D eigenvalue weighted by molar-refractivity contribution is 5.41.